The zero-order valence-corrected chi connectivity index (χ0v) is 17.0. The van der Waals surface area contributed by atoms with Crippen LogP contribution in [0.5, 0.6) is 0 Å². The van der Waals surface area contributed by atoms with Crippen molar-refractivity contribution in [2.75, 3.05) is 24.5 Å². The van der Waals surface area contributed by atoms with Gasteiger partial charge in [0.15, 0.2) is 0 Å². The van der Waals surface area contributed by atoms with Crippen LogP contribution in [0.1, 0.15) is 25.3 Å². The average Bonchev–Trinajstić information content (AvgIpc) is 2.70. The van der Waals surface area contributed by atoms with Crippen molar-refractivity contribution in [1.82, 2.24) is 4.31 Å². The highest BCUT2D eigenvalue weighted by Gasteiger charge is 2.33. The Bertz CT molecular complexity index is 919. The molecule has 28 heavy (non-hydrogen) atoms. The molecule has 0 N–H and O–H groups in total. The predicted molar refractivity (Wildman–Crippen MR) is 107 cm³/mol. The topological polar surface area (TPSA) is 57.7 Å². The number of carbonyl (C=O) groups is 1. The minimum atomic E-state index is -3.54. The van der Waals surface area contributed by atoms with Crippen molar-refractivity contribution in [2.45, 2.75) is 31.6 Å². The summed E-state index contributed by atoms with van der Waals surface area (Å²) in [5.41, 5.74) is 1.66. The lowest BCUT2D eigenvalue weighted by Crippen LogP contribution is -2.44. The third-order valence-electron chi connectivity index (χ3n) is 5.18. The molecular weight excluding hydrogens is 379 g/mol. The van der Waals surface area contributed by atoms with Gasteiger partial charge in [0.1, 0.15) is 5.82 Å². The first-order chi connectivity index (χ1) is 13.3. The van der Waals surface area contributed by atoms with Crippen molar-refractivity contribution in [2.24, 2.45) is 5.92 Å². The molecule has 3 rings (SSSR count). The Morgan fingerprint density at radius 1 is 1.07 bits per heavy atom. The Morgan fingerprint density at radius 3 is 2.18 bits per heavy atom. The fourth-order valence-electron chi connectivity index (χ4n) is 3.51. The number of carbonyl (C=O) groups excluding carboxylic acids is 1. The van der Waals surface area contributed by atoms with Crippen molar-refractivity contribution >= 4 is 21.6 Å². The van der Waals surface area contributed by atoms with Gasteiger partial charge in [0.2, 0.25) is 15.9 Å². The lowest BCUT2D eigenvalue weighted by molar-refractivity contribution is -0.123. The van der Waals surface area contributed by atoms with E-state index in [9.17, 15) is 17.6 Å². The van der Waals surface area contributed by atoms with E-state index in [0.29, 0.717) is 38.2 Å². The van der Waals surface area contributed by atoms with Gasteiger partial charge >= 0.3 is 0 Å². The van der Waals surface area contributed by atoms with Crippen molar-refractivity contribution < 1.29 is 17.6 Å². The molecule has 1 saturated heterocycles. The maximum atomic E-state index is 13.2. The molecule has 0 spiro atoms. The third-order valence-corrected chi connectivity index (χ3v) is 7.10. The van der Waals surface area contributed by atoms with Crippen LogP contribution in [0.3, 0.4) is 0 Å². The molecule has 1 aliphatic heterocycles. The molecule has 2 aromatic rings. The molecule has 0 saturated carbocycles. The first-order valence-electron chi connectivity index (χ1n) is 9.46. The second-order valence-electron chi connectivity index (χ2n) is 7.05. The summed E-state index contributed by atoms with van der Waals surface area (Å²) in [5, 5.41) is 0. The van der Waals surface area contributed by atoms with Crippen LogP contribution in [-0.2, 0) is 14.8 Å². The van der Waals surface area contributed by atoms with E-state index in [1.807, 2.05) is 13.8 Å². The second-order valence-corrected chi connectivity index (χ2v) is 8.99. The largest absolute Gasteiger partial charge is 0.312 e. The molecular formula is C21H25FN2O3S. The van der Waals surface area contributed by atoms with Crippen LogP contribution in [0, 0.1) is 18.7 Å². The summed E-state index contributed by atoms with van der Waals surface area (Å²) in [6.07, 6.45) is 0.948. The number of aryl methyl sites for hydroxylation is 1. The normalized spacial score (nSPS) is 16.1. The van der Waals surface area contributed by atoms with Gasteiger partial charge in [-0.2, -0.15) is 4.31 Å². The zero-order valence-electron chi connectivity index (χ0n) is 16.1. The van der Waals surface area contributed by atoms with Crippen molar-refractivity contribution in [1.29, 1.82) is 0 Å². The standard InChI is InChI=1S/C21H25FN2O3S/c1-3-24(19-8-6-18(22)7-9-19)21(25)17-12-14-23(15-13-17)28(26,27)20-10-4-16(2)5-11-20/h4-11,17H,3,12-15H2,1-2H3. The lowest BCUT2D eigenvalue weighted by atomic mass is 9.96. The van der Waals surface area contributed by atoms with Gasteiger partial charge in [0.05, 0.1) is 4.90 Å². The fraction of sp³-hybridized carbons (Fsp3) is 0.381. The molecule has 0 unspecified atom stereocenters. The summed E-state index contributed by atoms with van der Waals surface area (Å²) >= 11 is 0. The number of hydrogen-bond donors (Lipinski definition) is 0. The van der Waals surface area contributed by atoms with Gasteiger partial charge in [-0.3, -0.25) is 4.79 Å². The first-order valence-corrected chi connectivity index (χ1v) is 10.9. The number of amides is 1. The van der Waals surface area contributed by atoms with Gasteiger partial charge in [0, 0.05) is 31.2 Å². The summed E-state index contributed by atoms with van der Waals surface area (Å²) in [7, 11) is -3.54. The second kappa shape index (κ2) is 8.41. The van der Waals surface area contributed by atoms with Crippen molar-refractivity contribution in [3.8, 4) is 0 Å². The molecule has 150 valence electrons. The molecule has 1 amide bonds. The maximum absolute atomic E-state index is 13.2. The average molecular weight is 405 g/mol. The molecule has 0 aliphatic carbocycles. The molecule has 1 fully saturated rings. The molecule has 2 aromatic carbocycles. The van der Waals surface area contributed by atoms with E-state index in [1.54, 1.807) is 41.3 Å². The molecule has 0 bridgehead atoms. The number of benzene rings is 2. The van der Waals surface area contributed by atoms with E-state index in [1.165, 1.54) is 16.4 Å². The summed E-state index contributed by atoms with van der Waals surface area (Å²) in [5.74, 6) is -0.627. The van der Waals surface area contributed by atoms with Gasteiger partial charge < -0.3 is 4.90 Å². The molecule has 1 aliphatic rings. The van der Waals surface area contributed by atoms with E-state index in [0.717, 1.165) is 5.56 Å². The maximum Gasteiger partial charge on any atom is 0.243 e. The summed E-state index contributed by atoms with van der Waals surface area (Å²) in [4.78, 5) is 14.9. The number of piperidine rings is 1. The predicted octanol–water partition coefficient (Wildman–Crippen LogP) is 3.59. The number of halogens is 1. The van der Waals surface area contributed by atoms with Gasteiger partial charge in [-0.25, -0.2) is 12.8 Å². The van der Waals surface area contributed by atoms with Crippen LogP contribution in [0.2, 0.25) is 0 Å². The zero-order chi connectivity index (χ0) is 20.3. The molecule has 5 nitrogen and oxygen atoms in total. The SMILES string of the molecule is CCN(C(=O)C1CCN(S(=O)(=O)c2ccc(C)cc2)CC1)c1ccc(F)cc1. The van der Waals surface area contributed by atoms with E-state index < -0.39 is 10.0 Å². The lowest BCUT2D eigenvalue weighted by Gasteiger charge is -2.33. The fourth-order valence-corrected chi connectivity index (χ4v) is 4.98. The summed E-state index contributed by atoms with van der Waals surface area (Å²) in [6.45, 7) is 4.89. The third kappa shape index (κ3) is 4.25. The number of hydrogen-bond acceptors (Lipinski definition) is 3. The molecule has 7 heteroatoms. The van der Waals surface area contributed by atoms with E-state index in [4.69, 9.17) is 0 Å². The van der Waals surface area contributed by atoms with E-state index >= 15 is 0 Å². The van der Waals surface area contributed by atoms with Gasteiger partial charge in [0.25, 0.3) is 0 Å². The summed E-state index contributed by atoms with van der Waals surface area (Å²) in [6, 6.07) is 12.7. The smallest absolute Gasteiger partial charge is 0.243 e. The minimum absolute atomic E-state index is 0.0403. The summed E-state index contributed by atoms with van der Waals surface area (Å²) < 4.78 is 40.2. The quantitative estimate of drug-likeness (QED) is 0.765. The van der Waals surface area contributed by atoms with Crippen molar-refractivity contribution in [3.05, 3.63) is 59.9 Å². The van der Waals surface area contributed by atoms with E-state index in [-0.39, 0.29) is 22.5 Å². The highest BCUT2D eigenvalue weighted by Crippen LogP contribution is 2.27. The van der Waals surface area contributed by atoms with Crippen LogP contribution in [-0.4, -0.2) is 38.3 Å². The van der Waals surface area contributed by atoms with Crippen LogP contribution in [0.4, 0.5) is 10.1 Å². The Hall–Kier alpha value is -2.25. The number of anilines is 1. The monoisotopic (exact) mass is 404 g/mol. The van der Waals surface area contributed by atoms with Gasteiger partial charge in [-0.05, 0) is 63.1 Å². The Labute approximate surface area is 165 Å². The van der Waals surface area contributed by atoms with Gasteiger partial charge in [-0.1, -0.05) is 17.7 Å². The molecule has 0 radical (unpaired) electrons. The van der Waals surface area contributed by atoms with Crippen molar-refractivity contribution in [3.63, 3.8) is 0 Å². The van der Waals surface area contributed by atoms with Crippen LogP contribution < -0.4 is 4.90 Å². The van der Waals surface area contributed by atoms with Crippen LogP contribution >= 0.6 is 0 Å². The van der Waals surface area contributed by atoms with Crippen LogP contribution in [0.15, 0.2) is 53.4 Å². The molecule has 0 aromatic heterocycles. The number of nitrogens with zero attached hydrogens (tertiary/aromatic N) is 2. The number of sulfonamides is 1. The van der Waals surface area contributed by atoms with Crippen LogP contribution in [0.25, 0.3) is 0 Å². The van der Waals surface area contributed by atoms with Gasteiger partial charge in [-0.15, -0.1) is 0 Å². The number of rotatable bonds is 5. The highest BCUT2D eigenvalue weighted by atomic mass is 32.2. The Balaban J connectivity index is 1.68. The molecule has 1 heterocycles. The first kappa shape index (κ1) is 20.5. The Morgan fingerprint density at radius 2 is 1.64 bits per heavy atom. The Kier molecular flexibility index (Phi) is 6.15. The minimum Gasteiger partial charge on any atom is -0.312 e. The highest BCUT2D eigenvalue weighted by molar-refractivity contribution is 7.89. The molecule has 0 atom stereocenters. The van der Waals surface area contributed by atoms with E-state index in [2.05, 4.69) is 0 Å².